The molecular formula is C22H17Cl2NZr. The molecule has 2 aromatic carbocycles. The van der Waals surface area contributed by atoms with Crippen molar-refractivity contribution < 1.29 is 48.0 Å². The van der Waals surface area contributed by atoms with Crippen molar-refractivity contribution in [3.8, 4) is 0 Å². The average Bonchev–Trinajstić information content (AvgIpc) is 3.33. The molecular weight excluding hydrogens is 440 g/mol. The first-order chi connectivity index (χ1) is 11.9. The van der Waals surface area contributed by atoms with Crippen molar-refractivity contribution in [3.63, 3.8) is 0 Å². The third-order valence-corrected chi connectivity index (χ3v) is 8.88. The fraction of sp³-hybridized carbons (Fsp3) is 0.0909. The zero-order valence-electron chi connectivity index (χ0n) is 14.1. The molecule has 5 rings (SSSR count). The number of benzene rings is 2. The predicted molar refractivity (Wildman–Crippen MR) is 97.1 cm³/mol. The maximum Gasteiger partial charge on any atom is -1.00 e. The van der Waals surface area contributed by atoms with Crippen molar-refractivity contribution in [1.29, 1.82) is 0 Å². The molecule has 4 heteroatoms. The zero-order chi connectivity index (χ0) is 15.9. The molecule has 0 bridgehead atoms. The van der Waals surface area contributed by atoms with E-state index < -0.39 is 23.2 Å². The van der Waals surface area contributed by atoms with Gasteiger partial charge in [0.2, 0.25) is 0 Å². The molecule has 0 aliphatic heterocycles. The molecule has 3 aromatic rings. The summed E-state index contributed by atoms with van der Waals surface area (Å²) in [4.78, 5) is 0. The summed E-state index contributed by atoms with van der Waals surface area (Å²) in [5, 5.41) is 2.64. The first kappa shape index (κ1) is 19.4. The van der Waals surface area contributed by atoms with E-state index in [1.807, 2.05) is 0 Å². The Kier molecular flexibility index (Phi) is 6.07. The molecule has 1 unspecified atom stereocenters. The third-order valence-electron chi connectivity index (χ3n) is 4.86. The molecule has 2 aliphatic carbocycles. The van der Waals surface area contributed by atoms with E-state index in [0.29, 0.717) is 3.63 Å². The smallest absolute Gasteiger partial charge is 1.00 e. The molecule has 0 saturated heterocycles. The largest absolute Gasteiger partial charge is 1.00 e. The molecule has 128 valence electrons. The van der Waals surface area contributed by atoms with Crippen LogP contribution in [0.2, 0.25) is 0 Å². The second-order valence-corrected chi connectivity index (χ2v) is 10.1. The van der Waals surface area contributed by atoms with E-state index in [0.717, 1.165) is 0 Å². The summed E-state index contributed by atoms with van der Waals surface area (Å²) in [6.45, 7) is 0. The van der Waals surface area contributed by atoms with Crippen LogP contribution in [0.1, 0.15) is 21.2 Å². The molecule has 0 amide bonds. The van der Waals surface area contributed by atoms with Crippen LogP contribution in [-0.2, 0) is 23.2 Å². The third kappa shape index (κ3) is 3.43. The number of allylic oxidation sites excluding steroid dienone is 5. The van der Waals surface area contributed by atoms with Crippen molar-refractivity contribution in [2.45, 2.75) is 10.0 Å². The summed E-state index contributed by atoms with van der Waals surface area (Å²) < 4.78 is 4.68. The van der Waals surface area contributed by atoms with Crippen molar-refractivity contribution in [2.24, 2.45) is 0 Å². The van der Waals surface area contributed by atoms with Gasteiger partial charge >= 0.3 is 154 Å². The van der Waals surface area contributed by atoms with Gasteiger partial charge in [0.1, 0.15) is 0 Å². The van der Waals surface area contributed by atoms with Crippen LogP contribution >= 0.6 is 0 Å². The second kappa shape index (κ2) is 8.13. The number of rotatable bonds is 3. The fourth-order valence-electron chi connectivity index (χ4n) is 3.65. The molecule has 0 saturated carbocycles. The summed E-state index contributed by atoms with van der Waals surface area (Å²) in [6, 6.07) is 17.6. The summed E-state index contributed by atoms with van der Waals surface area (Å²) in [5.41, 5.74) is 4.40. The molecule has 0 radical (unpaired) electrons. The van der Waals surface area contributed by atoms with Crippen LogP contribution in [0.5, 0.6) is 0 Å². The minimum absolute atomic E-state index is 0. The van der Waals surface area contributed by atoms with Crippen LogP contribution < -0.4 is 24.8 Å². The first-order valence-electron chi connectivity index (χ1n) is 8.38. The molecule has 1 atom stereocenters. The van der Waals surface area contributed by atoms with Crippen molar-refractivity contribution in [1.82, 2.24) is 4.57 Å². The van der Waals surface area contributed by atoms with Gasteiger partial charge in [0.05, 0.1) is 0 Å². The fourth-order valence-corrected chi connectivity index (χ4v) is 7.58. The summed E-state index contributed by atoms with van der Waals surface area (Å²) in [5.74, 6) is 0. The molecule has 2 aliphatic rings. The number of hydrogen-bond acceptors (Lipinski definition) is 0. The van der Waals surface area contributed by atoms with Gasteiger partial charge in [-0.05, 0) is 0 Å². The van der Waals surface area contributed by atoms with Gasteiger partial charge in [-0.3, -0.25) is 0 Å². The van der Waals surface area contributed by atoms with E-state index in [4.69, 9.17) is 0 Å². The van der Waals surface area contributed by atoms with E-state index in [1.54, 1.807) is 3.28 Å². The number of hydrogen-bond donors (Lipinski definition) is 0. The van der Waals surface area contributed by atoms with E-state index in [-0.39, 0.29) is 24.8 Å². The van der Waals surface area contributed by atoms with Gasteiger partial charge < -0.3 is 24.8 Å². The number of nitrogens with zero attached hydrogens (tertiary/aromatic N) is 1. The van der Waals surface area contributed by atoms with Gasteiger partial charge in [-0.25, -0.2) is 0 Å². The van der Waals surface area contributed by atoms with Gasteiger partial charge in [0.25, 0.3) is 0 Å². The molecule has 0 fully saturated rings. The zero-order valence-corrected chi connectivity index (χ0v) is 18.0. The Balaban J connectivity index is 0.000000980. The number of aromatic nitrogens is 1. The topological polar surface area (TPSA) is 4.93 Å². The quantitative estimate of drug-likeness (QED) is 0.506. The van der Waals surface area contributed by atoms with Crippen LogP contribution in [0.25, 0.3) is 22.5 Å². The number of halogens is 2. The van der Waals surface area contributed by atoms with Crippen molar-refractivity contribution in [3.05, 3.63) is 93.6 Å². The SMILES string of the molecule is C1=CC[C]([Zr+2][CH]2C(n3cc4ccccc4c3)=Cc3ccccc32)=C1.[Cl-].[Cl-]. The first-order valence-corrected chi connectivity index (χ1v) is 11.0. The van der Waals surface area contributed by atoms with Gasteiger partial charge in [0, 0.05) is 0 Å². The predicted octanol–water partition coefficient (Wildman–Crippen LogP) is -0.372. The van der Waals surface area contributed by atoms with E-state index >= 15 is 0 Å². The Morgan fingerprint density at radius 3 is 2.27 bits per heavy atom. The molecule has 1 aromatic heterocycles. The van der Waals surface area contributed by atoms with E-state index in [2.05, 4.69) is 89.8 Å². The Bertz CT molecular complexity index is 996. The summed E-state index contributed by atoms with van der Waals surface area (Å²) in [6.07, 6.45) is 15.0. The normalized spacial score (nSPS) is 17.0. The summed E-state index contributed by atoms with van der Waals surface area (Å²) in [7, 11) is 0. The minimum atomic E-state index is -0.690. The Morgan fingerprint density at radius 2 is 1.58 bits per heavy atom. The van der Waals surface area contributed by atoms with Gasteiger partial charge in [-0.1, -0.05) is 0 Å². The van der Waals surface area contributed by atoms with Crippen LogP contribution in [-0.4, -0.2) is 4.57 Å². The van der Waals surface area contributed by atoms with Crippen LogP contribution in [0.15, 0.2) is 82.4 Å². The molecule has 26 heavy (non-hydrogen) atoms. The maximum absolute atomic E-state index is 2.41. The summed E-state index contributed by atoms with van der Waals surface area (Å²) >= 11 is -0.690. The van der Waals surface area contributed by atoms with Crippen LogP contribution in [0.4, 0.5) is 0 Å². The molecule has 0 spiro atoms. The Morgan fingerprint density at radius 1 is 0.885 bits per heavy atom. The second-order valence-electron chi connectivity index (χ2n) is 6.39. The van der Waals surface area contributed by atoms with Gasteiger partial charge in [-0.2, -0.15) is 0 Å². The Labute approximate surface area is 177 Å². The van der Waals surface area contributed by atoms with Crippen molar-refractivity contribution >= 4 is 22.5 Å². The van der Waals surface area contributed by atoms with Gasteiger partial charge in [-0.15, -0.1) is 0 Å². The average molecular weight is 458 g/mol. The van der Waals surface area contributed by atoms with E-state index in [1.165, 1.54) is 34.0 Å². The molecule has 1 nitrogen and oxygen atoms in total. The molecule has 1 heterocycles. The minimum Gasteiger partial charge on any atom is -1.00 e. The number of fused-ring (bicyclic) bond motifs is 2. The van der Waals surface area contributed by atoms with Gasteiger partial charge in [0.15, 0.2) is 0 Å². The van der Waals surface area contributed by atoms with Crippen LogP contribution in [0, 0.1) is 0 Å². The standard InChI is InChI=1S/C17H12N.C5H5.2ClH.Zr/c1-2-6-14-10-17(9-13(14)5-1)18-11-15-7-3-4-8-16(15)12-18;1-2-4-5-3-1;;;/h1-12H;1-3H,4H2;2*1H;/q;;;;+2/p-2. The van der Waals surface area contributed by atoms with E-state index in [9.17, 15) is 0 Å². The Hall–Kier alpha value is -1.34. The molecule has 0 N–H and O–H groups in total. The monoisotopic (exact) mass is 455 g/mol. The van der Waals surface area contributed by atoms with Crippen LogP contribution in [0.3, 0.4) is 0 Å². The van der Waals surface area contributed by atoms with Crippen molar-refractivity contribution in [2.75, 3.05) is 0 Å². The maximum atomic E-state index is 2.41.